The van der Waals surface area contributed by atoms with Gasteiger partial charge in [-0.2, -0.15) is 0 Å². The van der Waals surface area contributed by atoms with Crippen LogP contribution in [0.15, 0.2) is 54.6 Å². The van der Waals surface area contributed by atoms with Crippen LogP contribution in [0.4, 0.5) is 0 Å². The molecule has 1 aliphatic rings. The first kappa shape index (κ1) is 18.9. The fourth-order valence-electron chi connectivity index (χ4n) is 2.84. The fourth-order valence-corrected chi connectivity index (χ4v) is 3.54. The lowest BCUT2D eigenvalue weighted by molar-refractivity contribution is -0.159. The van der Waals surface area contributed by atoms with Crippen LogP contribution in [0.25, 0.3) is 0 Å². The first-order valence-corrected chi connectivity index (χ1v) is 9.93. The molecule has 2 aromatic carbocycles. The van der Waals surface area contributed by atoms with Gasteiger partial charge in [0.25, 0.3) is 0 Å². The summed E-state index contributed by atoms with van der Waals surface area (Å²) in [7, 11) is 0. The molecule has 134 valence electrons. The van der Waals surface area contributed by atoms with Crippen LogP contribution in [-0.4, -0.2) is 30.4 Å². The summed E-state index contributed by atoms with van der Waals surface area (Å²) in [5.41, 5.74) is 2.39. The monoisotopic (exact) mass is 424 g/mol. The molecule has 5 heteroatoms. The Morgan fingerprint density at radius 3 is 2.56 bits per heavy atom. The van der Waals surface area contributed by atoms with E-state index in [1.807, 2.05) is 42.5 Å². The van der Waals surface area contributed by atoms with Crippen molar-refractivity contribution < 1.29 is 14.2 Å². The summed E-state index contributed by atoms with van der Waals surface area (Å²) in [6, 6.07) is 18.0. The van der Waals surface area contributed by atoms with Crippen LogP contribution < -0.4 is 0 Å². The molecule has 2 aromatic rings. The summed E-state index contributed by atoms with van der Waals surface area (Å²) in [6.45, 7) is 1.68. The summed E-state index contributed by atoms with van der Waals surface area (Å²) in [6.07, 6.45) is 1.63. The van der Waals surface area contributed by atoms with E-state index < -0.39 is 5.79 Å². The zero-order valence-electron chi connectivity index (χ0n) is 14.0. The predicted octanol–water partition coefficient (Wildman–Crippen LogP) is 5.00. The third kappa shape index (κ3) is 5.53. The van der Waals surface area contributed by atoms with Gasteiger partial charge in [0.2, 0.25) is 0 Å². The van der Waals surface area contributed by atoms with E-state index in [0.29, 0.717) is 25.2 Å². The molecule has 2 atom stereocenters. The number of aryl methyl sites for hydroxylation is 1. The molecule has 1 saturated heterocycles. The molecule has 0 spiro atoms. The zero-order chi connectivity index (χ0) is 17.5. The molecule has 25 heavy (non-hydrogen) atoms. The Morgan fingerprint density at radius 2 is 1.84 bits per heavy atom. The number of hydrogen-bond donors (Lipinski definition) is 0. The van der Waals surface area contributed by atoms with Crippen molar-refractivity contribution in [3.63, 3.8) is 0 Å². The topological polar surface area (TPSA) is 27.7 Å². The highest BCUT2D eigenvalue weighted by atomic mass is 79.9. The summed E-state index contributed by atoms with van der Waals surface area (Å²) >= 11 is 9.47. The average molecular weight is 426 g/mol. The molecular formula is C20H22BrClO3. The second-order valence-electron chi connectivity index (χ2n) is 6.22. The van der Waals surface area contributed by atoms with E-state index in [2.05, 4.69) is 28.1 Å². The van der Waals surface area contributed by atoms with E-state index in [0.717, 1.165) is 23.4 Å². The highest BCUT2D eigenvalue weighted by Gasteiger charge is 2.40. The summed E-state index contributed by atoms with van der Waals surface area (Å²) in [5.74, 6) is -0.583. The molecule has 0 saturated carbocycles. The van der Waals surface area contributed by atoms with Crippen LogP contribution in [0.1, 0.15) is 17.5 Å². The smallest absolute Gasteiger partial charge is 0.178 e. The molecule has 0 aromatic heterocycles. The summed E-state index contributed by atoms with van der Waals surface area (Å²) in [4.78, 5) is 0. The number of alkyl halides is 1. The Hall–Kier alpha value is -0.910. The Kier molecular flexibility index (Phi) is 6.91. The van der Waals surface area contributed by atoms with Crippen molar-refractivity contribution in [3.8, 4) is 0 Å². The van der Waals surface area contributed by atoms with Gasteiger partial charge in [-0.3, -0.25) is 0 Å². The zero-order valence-corrected chi connectivity index (χ0v) is 16.3. The lowest BCUT2D eigenvalue weighted by atomic mass is 10.1. The summed E-state index contributed by atoms with van der Waals surface area (Å²) < 4.78 is 17.9. The van der Waals surface area contributed by atoms with Crippen molar-refractivity contribution in [1.29, 1.82) is 0 Å². The van der Waals surface area contributed by atoms with Crippen molar-refractivity contribution in [3.05, 3.63) is 70.7 Å². The molecule has 0 radical (unpaired) electrons. The van der Waals surface area contributed by atoms with Gasteiger partial charge >= 0.3 is 0 Å². The first-order valence-electron chi connectivity index (χ1n) is 8.43. The van der Waals surface area contributed by atoms with Crippen molar-refractivity contribution in [1.82, 2.24) is 0 Å². The average Bonchev–Trinajstić information content (AvgIpc) is 3.06. The third-order valence-corrected chi connectivity index (χ3v) is 5.35. The standard InChI is InChI=1S/C20H22BrClO3/c21-15-20(11-10-16-6-8-18(22)9-7-16)24-14-19(25-20)13-23-12-17-4-2-1-3-5-17/h1-9,19H,10-15H2. The van der Waals surface area contributed by atoms with E-state index in [-0.39, 0.29) is 6.10 Å². The van der Waals surface area contributed by atoms with Crippen LogP contribution in [0.2, 0.25) is 5.02 Å². The van der Waals surface area contributed by atoms with Gasteiger partial charge in [0.15, 0.2) is 5.79 Å². The van der Waals surface area contributed by atoms with Crippen molar-refractivity contribution >= 4 is 27.5 Å². The largest absolute Gasteiger partial charge is 0.374 e. The normalized spacial score (nSPS) is 23.0. The van der Waals surface area contributed by atoms with Gasteiger partial charge in [-0.25, -0.2) is 0 Å². The molecule has 2 unspecified atom stereocenters. The molecular weight excluding hydrogens is 404 g/mol. The molecule has 3 nitrogen and oxygen atoms in total. The molecule has 0 bridgehead atoms. The number of ether oxygens (including phenoxy) is 3. The van der Waals surface area contributed by atoms with E-state index in [9.17, 15) is 0 Å². The van der Waals surface area contributed by atoms with Gasteiger partial charge in [0.1, 0.15) is 6.10 Å². The summed E-state index contributed by atoms with van der Waals surface area (Å²) in [5, 5.41) is 1.39. The number of halogens is 2. The van der Waals surface area contributed by atoms with Crippen molar-refractivity contribution in [2.45, 2.75) is 31.3 Å². The molecule has 0 amide bonds. The van der Waals surface area contributed by atoms with Gasteiger partial charge in [-0.15, -0.1) is 0 Å². The van der Waals surface area contributed by atoms with Crippen LogP contribution >= 0.6 is 27.5 Å². The molecule has 1 heterocycles. The van der Waals surface area contributed by atoms with Crippen LogP contribution in [0.3, 0.4) is 0 Å². The quantitative estimate of drug-likeness (QED) is 0.557. The maximum atomic E-state index is 6.16. The Balaban J connectivity index is 1.46. The third-order valence-electron chi connectivity index (χ3n) is 4.24. The van der Waals surface area contributed by atoms with Gasteiger partial charge in [0, 0.05) is 11.4 Å². The van der Waals surface area contributed by atoms with Gasteiger partial charge in [-0.1, -0.05) is 70.0 Å². The Morgan fingerprint density at radius 1 is 1.08 bits per heavy atom. The van der Waals surface area contributed by atoms with Gasteiger partial charge in [-0.05, 0) is 29.7 Å². The van der Waals surface area contributed by atoms with Crippen LogP contribution in [0, 0.1) is 0 Å². The maximum Gasteiger partial charge on any atom is 0.178 e. The number of rotatable bonds is 8. The van der Waals surface area contributed by atoms with E-state index >= 15 is 0 Å². The molecule has 1 fully saturated rings. The van der Waals surface area contributed by atoms with Crippen molar-refractivity contribution in [2.24, 2.45) is 0 Å². The van der Waals surface area contributed by atoms with Gasteiger partial charge in [0.05, 0.1) is 25.2 Å². The molecule has 0 N–H and O–H groups in total. The van der Waals surface area contributed by atoms with Crippen LogP contribution in [-0.2, 0) is 27.2 Å². The highest BCUT2D eigenvalue weighted by Crippen LogP contribution is 2.31. The first-order chi connectivity index (χ1) is 12.2. The van der Waals surface area contributed by atoms with E-state index in [1.54, 1.807) is 0 Å². The molecule has 3 rings (SSSR count). The number of hydrogen-bond acceptors (Lipinski definition) is 3. The maximum absolute atomic E-state index is 6.16. The highest BCUT2D eigenvalue weighted by molar-refractivity contribution is 9.09. The van der Waals surface area contributed by atoms with E-state index in [4.69, 9.17) is 25.8 Å². The second kappa shape index (κ2) is 9.15. The van der Waals surface area contributed by atoms with Gasteiger partial charge < -0.3 is 14.2 Å². The minimum atomic E-state index is -0.583. The predicted molar refractivity (Wildman–Crippen MR) is 103 cm³/mol. The Labute approximate surface area is 162 Å². The minimum absolute atomic E-state index is 0.0357. The van der Waals surface area contributed by atoms with Crippen LogP contribution in [0.5, 0.6) is 0 Å². The minimum Gasteiger partial charge on any atom is -0.374 e. The lowest BCUT2D eigenvalue weighted by Crippen LogP contribution is -2.34. The fraction of sp³-hybridized carbons (Fsp3) is 0.400. The second-order valence-corrected chi connectivity index (χ2v) is 7.22. The number of benzene rings is 2. The molecule has 1 aliphatic heterocycles. The lowest BCUT2D eigenvalue weighted by Gasteiger charge is -2.26. The van der Waals surface area contributed by atoms with E-state index in [1.165, 1.54) is 5.56 Å². The Bertz CT molecular complexity index is 650. The van der Waals surface area contributed by atoms with Crippen molar-refractivity contribution in [2.75, 3.05) is 18.5 Å². The molecule has 0 aliphatic carbocycles. The SMILES string of the molecule is Clc1ccc(CCC2(CBr)OCC(COCc3ccccc3)O2)cc1.